The van der Waals surface area contributed by atoms with E-state index >= 15 is 0 Å². The third kappa shape index (κ3) is 4.29. The first-order valence-corrected chi connectivity index (χ1v) is 6.35. The van der Waals surface area contributed by atoms with Gasteiger partial charge in [0.05, 0.1) is 6.04 Å². The van der Waals surface area contributed by atoms with Crippen molar-refractivity contribution in [3.8, 4) is 0 Å². The molecular formula is C12H15Cl2N3O2. The maximum atomic E-state index is 12.1. The van der Waals surface area contributed by atoms with Crippen LogP contribution in [-0.4, -0.2) is 23.0 Å². The Kier molecular flexibility index (Phi) is 5.44. The number of amides is 1. The number of nitrogens with one attached hydrogen (secondary N) is 1. The molecule has 1 rings (SSSR count). The van der Waals surface area contributed by atoms with Gasteiger partial charge in [-0.2, -0.15) is 0 Å². The van der Waals surface area contributed by atoms with Crippen LogP contribution in [0.2, 0.25) is 10.0 Å². The summed E-state index contributed by atoms with van der Waals surface area (Å²) >= 11 is 11.7. The van der Waals surface area contributed by atoms with E-state index in [1.807, 2.05) is 13.8 Å². The number of hydrogen-bond acceptors (Lipinski definition) is 3. The van der Waals surface area contributed by atoms with E-state index in [2.05, 4.69) is 10.5 Å². The van der Waals surface area contributed by atoms with Gasteiger partial charge in [-0.15, -0.1) is 0 Å². The van der Waals surface area contributed by atoms with Crippen molar-refractivity contribution in [2.24, 2.45) is 16.8 Å². The minimum atomic E-state index is -0.574. The number of carbonyl (C=O) groups excluding carboxylic acids is 1. The van der Waals surface area contributed by atoms with Crippen molar-refractivity contribution >= 4 is 34.9 Å². The van der Waals surface area contributed by atoms with Crippen LogP contribution < -0.4 is 11.1 Å². The standard InChI is InChI=1S/C12H15Cl2N3O2/c1-6(2)10(11(15)17-19)16-12(18)7-3-8(13)5-9(14)4-7/h3-6,10,19H,1-2H3,(H2,15,17)(H,16,18). The highest BCUT2D eigenvalue weighted by atomic mass is 35.5. The van der Waals surface area contributed by atoms with Gasteiger partial charge in [0.2, 0.25) is 0 Å². The number of nitrogens with zero attached hydrogens (tertiary/aromatic N) is 1. The third-order valence-electron chi connectivity index (χ3n) is 2.51. The minimum absolute atomic E-state index is 0.0329. The quantitative estimate of drug-likeness (QED) is 0.345. The van der Waals surface area contributed by atoms with Crippen LogP contribution in [0.4, 0.5) is 0 Å². The van der Waals surface area contributed by atoms with Crippen molar-refractivity contribution in [1.29, 1.82) is 0 Å². The third-order valence-corrected chi connectivity index (χ3v) is 2.95. The molecule has 0 bridgehead atoms. The number of benzene rings is 1. The molecule has 0 radical (unpaired) electrons. The van der Waals surface area contributed by atoms with Gasteiger partial charge < -0.3 is 16.3 Å². The lowest BCUT2D eigenvalue weighted by Crippen LogP contribution is -2.47. The molecule has 0 aromatic heterocycles. The fraction of sp³-hybridized carbons (Fsp3) is 0.333. The van der Waals surface area contributed by atoms with Gasteiger partial charge in [-0.1, -0.05) is 42.2 Å². The highest BCUT2D eigenvalue weighted by molar-refractivity contribution is 6.35. The van der Waals surface area contributed by atoms with Crippen LogP contribution in [0, 0.1) is 5.92 Å². The number of hydrogen-bond donors (Lipinski definition) is 3. The molecule has 1 unspecified atom stereocenters. The average Bonchev–Trinajstić information content (AvgIpc) is 2.33. The molecule has 0 saturated heterocycles. The second-order valence-corrected chi connectivity index (χ2v) is 5.25. The van der Waals surface area contributed by atoms with Gasteiger partial charge in [-0.05, 0) is 24.1 Å². The molecule has 1 aromatic carbocycles. The Hall–Kier alpha value is -1.46. The summed E-state index contributed by atoms with van der Waals surface area (Å²) in [4.78, 5) is 12.1. The molecule has 104 valence electrons. The highest BCUT2D eigenvalue weighted by Crippen LogP contribution is 2.19. The second-order valence-electron chi connectivity index (χ2n) is 4.38. The van der Waals surface area contributed by atoms with E-state index in [9.17, 15) is 4.79 Å². The number of nitrogens with two attached hydrogens (primary N) is 1. The van der Waals surface area contributed by atoms with Crippen LogP contribution in [0.15, 0.2) is 23.4 Å². The molecule has 1 atom stereocenters. The summed E-state index contributed by atoms with van der Waals surface area (Å²) in [5, 5.41) is 15.0. The van der Waals surface area contributed by atoms with Gasteiger partial charge >= 0.3 is 0 Å². The molecule has 7 heteroatoms. The normalized spacial score (nSPS) is 13.4. The Morgan fingerprint density at radius 1 is 1.32 bits per heavy atom. The fourth-order valence-corrected chi connectivity index (χ4v) is 2.08. The monoisotopic (exact) mass is 303 g/mol. The maximum absolute atomic E-state index is 12.1. The summed E-state index contributed by atoms with van der Waals surface area (Å²) in [6.45, 7) is 3.68. The lowest BCUT2D eigenvalue weighted by Gasteiger charge is -2.21. The maximum Gasteiger partial charge on any atom is 0.251 e. The zero-order chi connectivity index (χ0) is 14.6. The SMILES string of the molecule is CC(C)C(NC(=O)c1cc(Cl)cc(Cl)c1)C(N)=NO. The van der Waals surface area contributed by atoms with Gasteiger partial charge in [-0.3, -0.25) is 4.79 Å². The highest BCUT2D eigenvalue weighted by Gasteiger charge is 2.21. The number of oxime groups is 1. The lowest BCUT2D eigenvalue weighted by atomic mass is 10.0. The summed E-state index contributed by atoms with van der Waals surface area (Å²) in [7, 11) is 0. The molecule has 0 aliphatic carbocycles. The molecule has 5 nitrogen and oxygen atoms in total. The lowest BCUT2D eigenvalue weighted by molar-refractivity contribution is 0.0939. The number of carbonyl (C=O) groups is 1. The largest absolute Gasteiger partial charge is 0.409 e. The first-order valence-electron chi connectivity index (χ1n) is 5.59. The first kappa shape index (κ1) is 15.6. The van der Waals surface area contributed by atoms with Gasteiger partial charge in [0.1, 0.15) is 0 Å². The van der Waals surface area contributed by atoms with E-state index in [1.54, 1.807) is 0 Å². The molecule has 0 fully saturated rings. The van der Waals surface area contributed by atoms with Crippen molar-refractivity contribution in [2.45, 2.75) is 19.9 Å². The zero-order valence-corrected chi connectivity index (χ0v) is 12.0. The molecule has 1 aromatic rings. The van der Waals surface area contributed by atoms with Gasteiger partial charge in [0.15, 0.2) is 5.84 Å². The van der Waals surface area contributed by atoms with Gasteiger partial charge in [0.25, 0.3) is 5.91 Å². The van der Waals surface area contributed by atoms with Crippen molar-refractivity contribution in [3.63, 3.8) is 0 Å². The first-order chi connectivity index (χ1) is 8.85. The Morgan fingerprint density at radius 3 is 2.26 bits per heavy atom. The van der Waals surface area contributed by atoms with Crippen molar-refractivity contribution in [3.05, 3.63) is 33.8 Å². The van der Waals surface area contributed by atoms with Crippen LogP contribution in [0.1, 0.15) is 24.2 Å². The van der Waals surface area contributed by atoms with E-state index in [1.165, 1.54) is 18.2 Å². The van der Waals surface area contributed by atoms with E-state index in [0.717, 1.165) is 0 Å². The topological polar surface area (TPSA) is 87.7 Å². The van der Waals surface area contributed by atoms with E-state index in [4.69, 9.17) is 34.1 Å². The molecule has 1 amide bonds. The Bertz CT molecular complexity index is 483. The van der Waals surface area contributed by atoms with Crippen molar-refractivity contribution in [2.75, 3.05) is 0 Å². The predicted octanol–water partition coefficient (Wildman–Crippen LogP) is 2.49. The molecule has 0 aliphatic heterocycles. The predicted molar refractivity (Wildman–Crippen MR) is 76.0 cm³/mol. The number of halogens is 2. The smallest absolute Gasteiger partial charge is 0.251 e. The number of rotatable bonds is 4. The van der Waals surface area contributed by atoms with Gasteiger partial charge in [-0.25, -0.2) is 0 Å². The van der Waals surface area contributed by atoms with Crippen molar-refractivity contribution < 1.29 is 10.0 Å². The van der Waals surface area contributed by atoms with Gasteiger partial charge in [0, 0.05) is 15.6 Å². The second kappa shape index (κ2) is 6.63. The van der Waals surface area contributed by atoms with Crippen LogP contribution in [0.25, 0.3) is 0 Å². The summed E-state index contributed by atoms with van der Waals surface area (Å²) in [5.74, 6) is -0.485. The molecule has 0 aliphatic rings. The summed E-state index contributed by atoms with van der Waals surface area (Å²) in [6, 6.07) is 3.94. The van der Waals surface area contributed by atoms with Crippen LogP contribution in [-0.2, 0) is 0 Å². The molecule has 0 saturated carbocycles. The zero-order valence-electron chi connectivity index (χ0n) is 10.5. The average molecular weight is 304 g/mol. The molecular weight excluding hydrogens is 289 g/mol. The van der Waals surface area contributed by atoms with Crippen molar-refractivity contribution in [1.82, 2.24) is 5.32 Å². The minimum Gasteiger partial charge on any atom is -0.409 e. The molecule has 4 N–H and O–H groups in total. The Labute approximate surface area is 121 Å². The Morgan fingerprint density at radius 2 is 1.84 bits per heavy atom. The van der Waals surface area contributed by atoms with Crippen LogP contribution >= 0.6 is 23.2 Å². The van der Waals surface area contributed by atoms with E-state index in [-0.39, 0.29) is 11.8 Å². The molecule has 19 heavy (non-hydrogen) atoms. The number of amidine groups is 1. The summed E-state index contributed by atoms with van der Waals surface area (Å²) in [6.07, 6.45) is 0. The summed E-state index contributed by atoms with van der Waals surface area (Å²) in [5.41, 5.74) is 5.85. The Balaban J connectivity index is 2.94. The van der Waals surface area contributed by atoms with Crippen LogP contribution in [0.3, 0.4) is 0 Å². The summed E-state index contributed by atoms with van der Waals surface area (Å²) < 4.78 is 0. The molecule has 0 heterocycles. The fourth-order valence-electron chi connectivity index (χ4n) is 1.55. The van der Waals surface area contributed by atoms with E-state index in [0.29, 0.717) is 15.6 Å². The molecule has 0 spiro atoms. The van der Waals surface area contributed by atoms with Crippen LogP contribution in [0.5, 0.6) is 0 Å². The van der Waals surface area contributed by atoms with E-state index < -0.39 is 11.9 Å².